The van der Waals surface area contributed by atoms with E-state index in [1.807, 2.05) is 24.3 Å². The third-order valence-corrected chi connectivity index (χ3v) is 4.08. The van der Waals surface area contributed by atoms with Crippen LogP contribution in [0.2, 0.25) is 0 Å². The number of benzene rings is 1. The van der Waals surface area contributed by atoms with Gasteiger partial charge in [0.05, 0.1) is 12.7 Å². The molecular formula is C14H16N4O2S. The minimum atomic E-state index is -3.62. The van der Waals surface area contributed by atoms with Crippen LogP contribution < -0.4 is 10.5 Å². The maximum atomic E-state index is 12.1. The van der Waals surface area contributed by atoms with E-state index in [0.29, 0.717) is 5.82 Å². The summed E-state index contributed by atoms with van der Waals surface area (Å²) in [6, 6.07) is 7.32. The van der Waals surface area contributed by atoms with Crippen LogP contribution in [0.15, 0.2) is 35.5 Å². The van der Waals surface area contributed by atoms with E-state index < -0.39 is 10.0 Å². The third-order valence-electron chi connectivity index (χ3n) is 2.76. The molecule has 110 valence electrons. The standard InChI is InChI=1S/C14H16N4O2S/c1-11-16-10-14(18-11)21(19,20)17-9-13-6-3-2-5-12(13)7-4-8-15/h2-3,5-6,10,17H,8-9,15H2,1H3,(H,16,18). The van der Waals surface area contributed by atoms with Crippen molar-refractivity contribution in [2.24, 2.45) is 5.73 Å². The molecule has 0 aliphatic heterocycles. The van der Waals surface area contributed by atoms with Crippen LogP contribution in [0.1, 0.15) is 17.0 Å². The quantitative estimate of drug-likeness (QED) is 0.716. The molecule has 7 heteroatoms. The van der Waals surface area contributed by atoms with Gasteiger partial charge >= 0.3 is 0 Å². The number of H-pyrrole nitrogens is 1. The first-order valence-electron chi connectivity index (χ1n) is 6.31. The summed E-state index contributed by atoms with van der Waals surface area (Å²) in [4.78, 5) is 6.58. The van der Waals surface area contributed by atoms with Crippen LogP contribution in [0.4, 0.5) is 0 Å². The Hall–Kier alpha value is -2.14. The molecule has 21 heavy (non-hydrogen) atoms. The first-order valence-corrected chi connectivity index (χ1v) is 7.79. The van der Waals surface area contributed by atoms with Crippen molar-refractivity contribution in [2.75, 3.05) is 6.54 Å². The lowest BCUT2D eigenvalue weighted by atomic mass is 10.1. The Balaban J connectivity index is 2.17. The number of aryl methyl sites for hydroxylation is 1. The molecule has 0 unspecified atom stereocenters. The van der Waals surface area contributed by atoms with Gasteiger partial charge in [-0.25, -0.2) is 18.1 Å². The molecule has 0 aliphatic rings. The van der Waals surface area contributed by atoms with Gasteiger partial charge in [-0.15, -0.1) is 0 Å². The molecule has 1 heterocycles. The average molecular weight is 304 g/mol. The first kappa shape index (κ1) is 15.3. The summed E-state index contributed by atoms with van der Waals surface area (Å²) in [5, 5.41) is 0.0468. The Bertz CT molecular complexity index is 785. The molecule has 2 aromatic rings. The summed E-state index contributed by atoms with van der Waals surface area (Å²) < 4.78 is 26.7. The number of hydrogen-bond acceptors (Lipinski definition) is 4. The zero-order valence-electron chi connectivity index (χ0n) is 11.6. The second kappa shape index (κ2) is 6.54. The molecule has 0 bridgehead atoms. The van der Waals surface area contributed by atoms with Crippen molar-refractivity contribution < 1.29 is 8.42 Å². The van der Waals surface area contributed by atoms with Crippen LogP contribution in [0.3, 0.4) is 0 Å². The van der Waals surface area contributed by atoms with Crippen molar-refractivity contribution in [1.82, 2.24) is 14.7 Å². The Labute approximate surface area is 123 Å². The van der Waals surface area contributed by atoms with E-state index in [4.69, 9.17) is 5.73 Å². The number of rotatable bonds is 4. The van der Waals surface area contributed by atoms with E-state index in [9.17, 15) is 8.42 Å². The molecule has 1 aromatic heterocycles. The summed E-state index contributed by atoms with van der Waals surface area (Å²) in [6.45, 7) is 2.10. The Kier molecular flexibility index (Phi) is 4.75. The maximum Gasteiger partial charge on any atom is 0.257 e. The van der Waals surface area contributed by atoms with Gasteiger partial charge in [-0.2, -0.15) is 0 Å². The van der Waals surface area contributed by atoms with E-state index in [-0.39, 0.29) is 18.1 Å². The van der Waals surface area contributed by atoms with Crippen molar-refractivity contribution in [3.63, 3.8) is 0 Å². The van der Waals surface area contributed by atoms with Crippen LogP contribution in [0, 0.1) is 18.8 Å². The second-order valence-corrected chi connectivity index (χ2v) is 6.06. The first-order chi connectivity index (χ1) is 10.0. The van der Waals surface area contributed by atoms with Gasteiger partial charge in [-0.3, -0.25) is 0 Å². The molecular weight excluding hydrogens is 288 g/mol. The summed E-state index contributed by atoms with van der Waals surface area (Å²) in [5.41, 5.74) is 6.90. The van der Waals surface area contributed by atoms with Crippen LogP contribution in [-0.2, 0) is 16.6 Å². The van der Waals surface area contributed by atoms with E-state index >= 15 is 0 Å². The summed E-state index contributed by atoms with van der Waals surface area (Å²) in [5.74, 6) is 6.23. The van der Waals surface area contributed by atoms with Crippen molar-refractivity contribution in [1.29, 1.82) is 0 Å². The molecule has 0 amide bonds. The SMILES string of the molecule is Cc1ncc(S(=O)(=O)NCc2ccccc2C#CCN)[nH]1. The Morgan fingerprint density at radius 3 is 2.81 bits per heavy atom. The molecule has 0 saturated heterocycles. The van der Waals surface area contributed by atoms with Gasteiger partial charge < -0.3 is 10.7 Å². The molecule has 6 nitrogen and oxygen atoms in total. The summed E-state index contributed by atoms with van der Waals surface area (Å²) >= 11 is 0. The number of nitrogens with one attached hydrogen (secondary N) is 2. The highest BCUT2D eigenvalue weighted by molar-refractivity contribution is 7.89. The predicted octanol–water partition coefficient (Wildman–Crippen LogP) is 0.507. The van der Waals surface area contributed by atoms with E-state index in [2.05, 4.69) is 26.5 Å². The highest BCUT2D eigenvalue weighted by Gasteiger charge is 2.16. The molecule has 0 radical (unpaired) electrons. The highest BCUT2D eigenvalue weighted by Crippen LogP contribution is 2.10. The zero-order chi connectivity index (χ0) is 15.3. The highest BCUT2D eigenvalue weighted by atomic mass is 32.2. The molecule has 4 N–H and O–H groups in total. The molecule has 2 rings (SSSR count). The van der Waals surface area contributed by atoms with Crippen LogP contribution in [0.5, 0.6) is 0 Å². The fraction of sp³-hybridized carbons (Fsp3) is 0.214. The number of aromatic nitrogens is 2. The number of imidazole rings is 1. The van der Waals surface area contributed by atoms with E-state index in [0.717, 1.165) is 11.1 Å². The van der Waals surface area contributed by atoms with E-state index in [1.54, 1.807) is 6.92 Å². The summed E-state index contributed by atoms with van der Waals surface area (Å²) in [6.07, 6.45) is 1.29. The lowest BCUT2D eigenvalue weighted by Gasteiger charge is -2.06. The normalized spacial score (nSPS) is 11.0. The summed E-state index contributed by atoms with van der Waals surface area (Å²) in [7, 11) is -3.62. The molecule has 0 atom stereocenters. The van der Waals surface area contributed by atoms with Crippen molar-refractivity contribution in [3.8, 4) is 11.8 Å². The predicted molar refractivity (Wildman–Crippen MR) is 79.7 cm³/mol. The zero-order valence-corrected chi connectivity index (χ0v) is 12.4. The van der Waals surface area contributed by atoms with E-state index in [1.165, 1.54) is 6.20 Å². The van der Waals surface area contributed by atoms with Crippen molar-refractivity contribution in [3.05, 3.63) is 47.4 Å². The number of nitrogens with two attached hydrogens (primary N) is 1. The van der Waals surface area contributed by atoms with Gasteiger partial charge in [0.1, 0.15) is 5.82 Å². The van der Waals surface area contributed by atoms with Gasteiger partial charge in [0.25, 0.3) is 10.0 Å². The molecule has 0 aliphatic carbocycles. The van der Waals surface area contributed by atoms with Crippen LogP contribution in [0.25, 0.3) is 0 Å². The average Bonchev–Trinajstić information content (AvgIpc) is 2.91. The number of aromatic amines is 1. The van der Waals surface area contributed by atoms with Crippen molar-refractivity contribution >= 4 is 10.0 Å². The number of hydrogen-bond donors (Lipinski definition) is 3. The second-order valence-electron chi connectivity index (χ2n) is 4.32. The van der Waals surface area contributed by atoms with Gasteiger partial charge in [0.2, 0.25) is 0 Å². The number of nitrogens with zero attached hydrogens (tertiary/aromatic N) is 1. The lowest BCUT2D eigenvalue weighted by Crippen LogP contribution is -2.24. The molecule has 0 fully saturated rings. The Morgan fingerprint density at radius 1 is 1.38 bits per heavy atom. The largest absolute Gasteiger partial charge is 0.332 e. The fourth-order valence-corrected chi connectivity index (χ4v) is 2.70. The smallest absolute Gasteiger partial charge is 0.257 e. The minimum absolute atomic E-state index is 0.0468. The third kappa shape index (κ3) is 3.92. The van der Waals surface area contributed by atoms with Gasteiger partial charge in [0.15, 0.2) is 5.03 Å². The van der Waals surface area contributed by atoms with Gasteiger partial charge in [-0.05, 0) is 18.6 Å². The van der Waals surface area contributed by atoms with Crippen molar-refractivity contribution in [2.45, 2.75) is 18.5 Å². The van der Waals surface area contributed by atoms with Crippen LogP contribution >= 0.6 is 0 Å². The lowest BCUT2D eigenvalue weighted by molar-refractivity contribution is 0.578. The van der Waals surface area contributed by atoms with Gasteiger partial charge in [0, 0.05) is 12.1 Å². The number of sulfonamides is 1. The van der Waals surface area contributed by atoms with Crippen LogP contribution in [-0.4, -0.2) is 24.9 Å². The fourth-order valence-electron chi connectivity index (χ4n) is 1.73. The monoisotopic (exact) mass is 304 g/mol. The molecule has 1 aromatic carbocycles. The Morgan fingerprint density at radius 2 is 2.14 bits per heavy atom. The molecule has 0 saturated carbocycles. The minimum Gasteiger partial charge on any atom is -0.332 e. The topological polar surface area (TPSA) is 101 Å². The molecule has 0 spiro atoms. The van der Waals surface area contributed by atoms with Gasteiger partial charge in [-0.1, -0.05) is 30.0 Å². The maximum absolute atomic E-state index is 12.1.